The van der Waals surface area contributed by atoms with Gasteiger partial charge in [-0.3, -0.25) is 10.1 Å². The van der Waals surface area contributed by atoms with Crippen LogP contribution in [0.15, 0.2) is 47.6 Å². The van der Waals surface area contributed by atoms with E-state index in [1.165, 1.54) is 7.11 Å². The highest BCUT2D eigenvalue weighted by Crippen LogP contribution is 2.42. The Kier molecular flexibility index (Phi) is 6.38. The molecule has 2 aromatic carbocycles. The number of aliphatic hydroxyl groups is 1. The van der Waals surface area contributed by atoms with Crippen molar-refractivity contribution in [3.63, 3.8) is 0 Å². The number of alkyl halides is 3. The molecule has 0 spiro atoms. The molecule has 0 aliphatic carbocycles. The number of H-pyrrole nitrogens is 1. The second-order valence-corrected chi connectivity index (χ2v) is 7.40. The molecule has 9 heteroatoms. The molecule has 30 heavy (non-hydrogen) atoms. The molecule has 0 aliphatic rings. The minimum atomic E-state index is -4.92. The molecule has 0 fully saturated rings. The van der Waals surface area contributed by atoms with Gasteiger partial charge >= 0.3 is 6.18 Å². The van der Waals surface area contributed by atoms with Crippen molar-refractivity contribution in [1.82, 2.24) is 10.2 Å². The number of para-hydroxylation sites is 1. The fourth-order valence-corrected chi connectivity index (χ4v) is 3.60. The molecule has 5 nitrogen and oxygen atoms in total. The lowest BCUT2D eigenvalue weighted by Gasteiger charge is -2.31. The predicted molar refractivity (Wildman–Crippen MR) is 111 cm³/mol. The molecule has 0 amide bonds. The van der Waals surface area contributed by atoms with Crippen LogP contribution in [0.25, 0.3) is 10.9 Å². The zero-order chi connectivity index (χ0) is 21.9. The van der Waals surface area contributed by atoms with Gasteiger partial charge < -0.3 is 9.84 Å². The second kappa shape index (κ2) is 8.65. The molecule has 1 aromatic heterocycles. The number of aliphatic imine (C=N–C) groups is 1. The molecule has 3 rings (SSSR count). The summed E-state index contributed by atoms with van der Waals surface area (Å²) in [6, 6.07) is 9.69. The van der Waals surface area contributed by atoms with Gasteiger partial charge in [0.25, 0.3) is 0 Å². The average Bonchev–Trinajstić information content (AvgIpc) is 3.17. The van der Waals surface area contributed by atoms with E-state index in [1.54, 1.807) is 49.5 Å². The van der Waals surface area contributed by atoms with Crippen molar-refractivity contribution in [2.75, 3.05) is 7.11 Å². The lowest BCUT2D eigenvalue weighted by molar-refractivity contribution is -0.232. The van der Waals surface area contributed by atoms with Crippen molar-refractivity contribution >= 4 is 34.4 Å². The van der Waals surface area contributed by atoms with E-state index in [1.807, 2.05) is 0 Å². The quantitative estimate of drug-likeness (QED) is 0.457. The first-order valence-electron chi connectivity index (χ1n) is 9.28. The molecule has 1 heterocycles. The van der Waals surface area contributed by atoms with E-state index in [0.29, 0.717) is 34.4 Å². The molecule has 2 N–H and O–H groups in total. The Balaban J connectivity index is 1.95. The van der Waals surface area contributed by atoms with Crippen LogP contribution in [0.3, 0.4) is 0 Å². The SMILES string of the molecule is CCC(CC(O)(C=Nc1ccc2[nH]ncc2c1)C(F)(F)F)c1cccc(Cl)c1OC. The number of halogens is 4. The molecule has 3 aromatic rings. The van der Waals surface area contributed by atoms with E-state index in [9.17, 15) is 18.3 Å². The lowest BCUT2D eigenvalue weighted by Crippen LogP contribution is -2.47. The second-order valence-electron chi connectivity index (χ2n) is 6.99. The first-order chi connectivity index (χ1) is 14.2. The first kappa shape index (κ1) is 22.1. The summed E-state index contributed by atoms with van der Waals surface area (Å²) in [6.45, 7) is 1.74. The third-order valence-corrected chi connectivity index (χ3v) is 5.33. The number of methoxy groups -OCH3 is 1. The monoisotopic (exact) mass is 439 g/mol. The maximum atomic E-state index is 13.9. The minimum Gasteiger partial charge on any atom is -0.495 e. The first-order valence-corrected chi connectivity index (χ1v) is 9.66. The van der Waals surface area contributed by atoms with Gasteiger partial charge in [0, 0.05) is 11.6 Å². The molecule has 2 atom stereocenters. The molecule has 0 bridgehead atoms. The van der Waals surface area contributed by atoms with Crippen molar-refractivity contribution in [2.24, 2.45) is 4.99 Å². The smallest absolute Gasteiger partial charge is 0.422 e. The van der Waals surface area contributed by atoms with Gasteiger partial charge in [-0.2, -0.15) is 18.3 Å². The summed E-state index contributed by atoms with van der Waals surface area (Å²) in [6.07, 6.45) is -3.10. The zero-order valence-corrected chi connectivity index (χ0v) is 17.1. The normalized spacial score (nSPS) is 15.4. The van der Waals surface area contributed by atoms with Crippen LogP contribution in [0, 0.1) is 0 Å². The van der Waals surface area contributed by atoms with Crippen LogP contribution in [0.1, 0.15) is 31.2 Å². The number of hydrogen-bond acceptors (Lipinski definition) is 4. The van der Waals surface area contributed by atoms with Gasteiger partial charge in [-0.15, -0.1) is 0 Å². The number of rotatable bonds is 7. The van der Waals surface area contributed by atoms with Gasteiger partial charge in [0.05, 0.1) is 29.5 Å². The molecule has 0 saturated heterocycles. The summed E-state index contributed by atoms with van der Waals surface area (Å²) in [7, 11) is 1.40. The number of nitrogens with zero attached hydrogens (tertiary/aromatic N) is 2. The number of aromatic amines is 1. The Bertz CT molecular complexity index is 1050. The fourth-order valence-electron chi connectivity index (χ4n) is 3.35. The van der Waals surface area contributed by atoms with Gasteiger partial charge in [-0.05, 0) is 48.6 Å². The van der Waals surface area contributed by atoms with Crippen LogP contribution in [-0.2, 0) is 0 Å². The molecular weight excluding hydrogens is 419 g/mol. The van der Waals surface area contributed by atoms with Crippen LogP contribution < -0.4 is 4.74 Å². The standard InChI is InChI=1S/C21H21ClF3N3O2/c1-3-13(16-5-4-6-17(22)19(16)30-2)10-20(29,21(23,24)25)12-26-15-7-8-18-14(9-15)11-27-28-18/h4-9,11-13,29H,3,10H2,1-2H3,(H,27,28). The number of ether oxygens (including phenoxy) is 1. The number of nitrogens with one attached hydrogen (secondary N) is 1. The Hall–Kier alpha value is -2.58. The highest BCUT2D eigenvalue weighted by molar-refractivity contribution is 6.32. The van der Waals surface area contributed by atoms with Crippen molar-refractivity contribution < 1.29 is 23.0 Å². The molecular formula is C21H21ClF3N3O2. The highest BCUT2D eigenvalue weighted by atomic mass is 35.5. The van der Waals surface area contributed by atoms with E-state index in [4.69, 9.17) is 16.3 Å². The Morgan fingerprint density at radius 2 is 2.07 bits per heavy atom. The van der Waals surface area contributed by atoms with Gasteiger partial charge in [-0.25, -0.2) is 0 Å². The summed E-state index contributed by atoms with van der Waals surface area (Å²) in [4.78, 5) is 3.92. The van der Waals surface area contributed by atoms with E-state index in [0.717, 1.165) is 5.52 Å². The number of hydrogen-bond donors (Lipinski definition) is 2. The highest BCUT2D eigenvalue weighted by Gasteiger charge is 2.53. The van der Waals surface area contributed by atoms with Crippen LogP contribution in [-0.4, -0.2) is 40.4 Å². The lowest BCUT2D eigenvalue weighted by atomic mass is 9.84. The van der Waals surface area contributed by atoms with Crippen LogP contribution >= 0.6 is 11.6 Å². The van der Waals surface area contributed by atoms with E-state index >= 15 is 0 Å². The Labute approximate surface area is 176 Å². The van der Waals surface area contributed by atoms with Crippen LogP contribution in [0.2, 0.25) is 5.02 Å². The van der Waals surface area contributed by atoms with E-state index < -0.39 is 24.1 Å². The predicted octanol–water partition coefficient (Wildman–Crippen LogP) is 5.80. The molecule has 0 aliphatic heterocycles. The van der Waals surface area contributed by atoms with Gasteiger partial charge in [0.2, 0.25) is 0 Å². The van der Waals surface area contributed by atoms with Crippen LogP contribution in [0.4, 0.5) is 18.9 Å². The van der Waals surface area contributed by atoms with Crippen LogP contribution in [0.5, 0.6) is 5.75 Å². The minimum absolute atomic E-state index is 0.278. The zero-order valence-electron chi connectivity index (χ0n) is 16.4. The summed E-state index contributed by atoms with van der Waals surface area (Å²) in [5, 5.41) is 18.2. The van der Waals surface area contributed by atoms with Crippen molar-refractivity contribution in [2.45, 2.75) is 37.5 Å². The third kappa shape index (κ3) is 4.44. The number of aromatic nitrogens is 2. The molecule has 2 unspecified atom stereocenters. The largest absolute Gasteiger partial charge is 0.495 e. The molecule has 160 valence electrons. The van der Waals surface area contributed by atoms with Gasteiger partial charge in [0.15, 0.2) is 5.60 Å². The topological polar surface area (TPSA) is 70.5 Å². The maximum Gasteiger partial charge on any atom is 0.422 e. The van der Waals surface area contributed by atoms with Gasteiger partial charge in [0.1, 0.15) is 5.75 Å². The molecule has 0 radical (unpaired) electrons. The van der Waals surface area contributed by atoms with Crippen molar-refractivity contribution in [3.05, 3.63) is 53.2 Å². The summed E-state index contributed by atoms with van der Waals surface area (Å²) in [5.41, 5.74) is -1.62. The van der Waals surface area contributed by atoms with Crippen molar-refractivity contribution in [1.29, 1.82) is 0 Å². The van der Waals surface area contributed by atoms with Crippen molar-refractivity contribution in [3.8, 4) is 5.75 Å². The fraction of sp³-hybridized carbons (Fsp3) is 0.333. The Morgan fingerprint density at radius 3 is 2.73 bits per heavy atom. The summed E-state index contributed by atoms with van der Waals surface area (Å²) >= 11 is 6.13. The Morgan fingerprint density at radius 1 is 1.30 bits per heavy atom. The summed E-state index contributed by atoms with van der Waals surface area (Å²) < 4.78 is 46.9. The maximum absolute atomic E-state index is 13.9. The average molecular weight is 440 g/mol. The third-order valence-electron chi connectivity index (χ3n) is 5.03. The van der Waals surface area contributed by atoms with Gasteiger partial charge in [-0.1, -0.05) is 30.7 Å². The van der Waals surface area contributed by atoms with E-state index in [-0.39, 0.29) is 5.69 Å². The van der Waals surface area contributed by atoms with E-state index in [2.05, 4.69) is 15.2 Å². The summed E-state index contributed by atoms with van der Waals surface area (Å²) in [5.74, 6) is -0.356. The number of fused-ring (bicyclic) bond motifs is 1. The number of benzene rings is 2. The molecule has 0 saturated carbocycles.